The second-order valence-electron chi connectivity index (χ2n) is 8.69. The number of hydrogen-bond donors (Lipinski definition) is 1. The highest BCUT2D eigenvalue weighted by Crippen LogP contribution is 2.45. The maximum Gasteiger partial charge on any atom is 0.248 e. The molecule has 3 aliphatic heterocycles. The Labute approximate surface area is 200 Å². The number of benzene rings is 1. The first kappa shape index (κ1) is 21.1. The number of aromatic nitrogens is 2. The Hall–Kier alpha value is -2.46. The molecule has 3 aliphatic rings. The number of rotatable bonds is 4. The van der Waals surface area contributed by atoms with E-state index < -0.39 is 12.0 Å². The number of carbonyl (C=O) groups excluding carboxylic acids is 1. The van der Waals surface area contributed by atoms with E-state index in [0.29, 0.717) is 43.9 Å². The quantitative estimate of drug-likeness (QED) is 0.607. The van der Waals surface area contributed by atoms with Crippen molar-refractivity contribution in [1.29, 1.82) is 0 Å². The molecule has 3 aromatic rings. The number of hydrogen-bond acceptors (Lipinski definition) is 8. The Kier molecular flexibility index (Phi) is 5.37. The van der Waals surface area contributed by atoms with Crippen molar-refractivity contribution in [2.75, 3.05) is 42.7 Å². The number of nitrogens with zero attached hydrogens (tertiary/aromatic N) is 4. The molecule has 0 radical (unpaired) electrons. The lowest BCUT2D eigenvalue weighted by Gasteiger charge is -2.37. The topological polar surface area (TPSA) is 93.8 Å². The van der Waals surface area contributed by atoms with Crippen LogP contribution in [0.4, 0.5) is 11.8 Å². The third-order valence-corrected chi connectivity index (χ3v) is 7.92. The van der Waals surface area contributed by atoms with Gasteiger partial charge >= 0.3 is 0 Å². The monoisotopic (exact) mass is 485 g/mol. The lowest BCUT2D eigenvalue weighted by molar-refractivity contribution is -0.130. The van der Waals surface area contributed by atoms with Gasteiger partial charge in [0.1, 0.15) is 10.6 Å². The standard InChI is InChI=1S/C23H24ClN5O3S/c24-17-4-2-1-3-15(17)16-12-33-22-19(16)21(29-13-5-6-14(29)11-31-10-13)26-23(27-22)28-7-8-32-18(9-28)20(25)30/h1-4,12-14,18H,5-11H2,(H2,25,30). The summed E-state index contributed by atoms with van der Waals surface area (Å²) in [5.74, 6) is 1.05. The summed E-state index contributed by atoms with van der Waals surface area (Å²) >= 11 is 8.17. The van der Waals surface area contributed by atoms with Crippen molar-refractivity contribution in [3.63, 3.8) is 0 Å². The fraction of sp³-hybridized carbons (Fsp3) is 0.435. The molecular weight excluding hydrogens is 462 g/mol. The molecule has 1 amide bonds. The molecule has 0 saturated carbocycles. The number of primary amides is 1. The second kappa shape index (κ2) is 8.39. The summed E-state index contributed by atoms with van der Waals surface area (Å²) in [4.78, 5) is 27.1. The fourth-order valence-electron chi connectivity index (χ4n) is 5.10. The molecular formula is C23H24ClN5O3S. The molecule has 3 fully saturated rings. The highest BCUT2D eigenvalue weighted by atomic mass is 35.5. The number of fused-ring (bicyclic) bond motifs is 3. The van der Waals surface area contributed by atoms with Crippen molar-refractivity contribution in [1.82, 2.24) is 9.97 Å². The molecule has 8 nitrogen and oxygen atoms in total. The molecule has 0 spiro atoms. The number of nitrogens with two attached hydrogens (primary N) is 1. The van der Waals surface area contributed by atoms with Crippen LogP contribution in [0.5, 0.6) is 0 Å². The Morgan fingerprint density at radius 3 is 2.70 bits per heavy atom. The first-order valence-electron chi connectivity index (χ1n) is 11.2. The van der Waals surface area contributed by atoms with Crippen molar-refractivity contribution in [3.05, 3.63) is 34.7 Å². The Balaban J connectivity index is 1.51. The molecule has 172 valence electrons. The Bertz CT molecular complexity index is 1200. The van der Waals surface area contributed by atoms with E-state index in [0.717, 1.165) is 40.0 Å². The van der Waals surface area contributed by atoms with Gasteiger partial charge in [-0.1, -0.05) is 29.8 Å². The molecule has 10 heteroatoms. The molecule has 6 rings (SSSR count). The number of carbonyl (C=O) groups is 1. The van der Waals surface area contributed by atoms with Crippen molar-refractivity contribution in [3.8, 4) is 11.1 Å². The van der Waals surface area contributed by atoms with Gasteiger partial charge in [-0.05, 0) is 18.9 Å². The summed E-state index contributed by atoms with van der Waals surface area (Å²) in [5.41, 5.74) is 7.53. The summed E-state index contributed by atoms with van der Waals surface area (Å²) in [5, 5.41) is 3.84. The average Bonchev–Trinajstić information content (AvgIpc) is 3.36. The summed E-state index contributed by atoms with van der Waals surface area (Å²) < 4.78 is 11.4. The van der Waals surface area contributed by atoms with Crippen LogP contribution in [0.15, 0.2) is 29.6 Å². The molecule has 1 aromatic carbocycles. The number of amides is 1. The predicted octanol–water partition coefficient (Wildman–Crippen LogP) is 3.07. The van der Waals surface area contributed by atoms with Crippen molar-refractivity contribution >= 4 is 50.8 Å². The van der Waals surface area contributed by atoms with Crippen molar-refractivity contribution in [2.24, 2.45) is 5.73 Å². The zero-order valence-electron chi connectivity index (χ0n) is 17.9. The van der Waals surface area contributed by atoms with E-state index in [1.807, 2.05) is 29.2 Å². The van der Waals surface area contributed by atoms with E-state index in [2.05, 4.69) is 10.3 Å². The van der Waals surface area contributed by atoms with Crippen LogP contribution in [0.2, 0.25) is 5.02 Å². The van der Waals surface area contributed by atoms with Gasteiger partial charge < -0.3 is 25.0 Å². The molecule has 0 aliphatic carbocycles. The van der Waals surface area contributed by atoms with Gasteiger partial charge in [0, 0.05) is 28.1 Å². The smallest absolute Gasteiger partial charge is 0.248 e. The summed E-state index contributed by atoms with van der Waals surface area (Å²) in [6.45, 7) is 2.75. The van der Waals surface area contributed by atoms with Crippen LogP contribution in [0.25, 0.3) is 21.3 Å². The minimum absolute atomic E-state index is 0.289. The molecule has 2 aromatic heterocycles. The normalized spacial score (nSPS) is 25.1. The first-order valence-corrected chi connectivity index (χ1v) is 12.4. The Morgan fingerprint density at radius 2 is 1.94 bits per heavy atom. The van der Waals surface area contributed by atoms with Crippen LogP contribution in [-0.2, 0) is 14.3 Å². The predicted molar refractivity (Wildman–Crippen MR) is 129 cm³/mol. The van der Waals surface area contributed by atoms with Gasteiger partial charge in [-0.2, -0.15) is 4.98 Å². The lowest BCUT2D eigenvalue weighted by Crippen LogP contribution is -2.49. The molecule has 2 N–H and O–H groups in total. The van der Waals surface area contributed by atoms with Gasteiger partial charge in [-0.3, -0.25) is 4.79 Å². The molecule has 3 saturated heterocycles. The second-order valence-corrected chi connectivity index (χ2v) is 9.96. The summed E-state index contributed by atoms with van der Waals surface area (Å²) in [7, 11) is 0. The number of thiophene rings is 1. The fourth-order valence-corrected chi connectivity index (χ4v) is 6.26. The minimum Gasteiger partial charge on any atom is -0.377 e. The number of halogens is 1. The third-order valence-electron chi connectivity index (χ3n) is 6.72. The summed E-state index contributed by atoms with van der Waals surface area (Å²) in [6, 6.07) is 8.45. The van der Waals surface area contributed by atoms with E-state index in [4.69, 9.17) is 36.8 Å². The molecule has 3 atom stereocenters. The van der Waals surface area contributed by atoms with E-state index in [9.17, 15) is 4.79 Å². The highest BCUT2D eigenvalue weighted by molar-refractivity contribution is 7.17. The van der Waals surface area contributed by atoms with Crippen molar-refractivity contribution < 1.29 is 14.3 Å². The molecule has 2 bridgehead atoms. The van der Waals surface area contributed by atoms with Gasteiger partial charge in [0.25, 0.3) is 0 Å². The SMILES string of the molecule is NC(=O)C1CN(c2nc(N3C4CCC3COC4)c3c(-c4ccccc4Cl)csc3n2)CCO1. The van der Waals surface area contributed by atoms with Crippen LogP contribution in [0.3, 0.4) is 0 Å². The molecule has 33 heavy (non-hydrogen) atoms. The first-order chi connectivity index (χ1) is 16.1. The van der Waals surface area contributed by atoms with Gasteiger partial charge in [0.15, 0.2) is 6.10 Å². The van der Waals surface area contributed by atoms with Gasteiger partial charge in [-0.15, -0.1) is 11.3 Å². The number of anilines is 2. The number of morpholine rings is 2. The zero-order chi connectivity index (χ0) is 22.5. The van der Waals surface area contributed by atoms with Gasteiger partial charge in [0.05, 0.1) is 43.8 Å². The average molecular weight is 486 g/mol. The minimum atomic E-state index is -0.664. The van der Waals surface area contributed by atoms with Gasteiger partial charge in [-0.25, -0.2) is 4.98 Å². The largest absolute Gasteiger partial charge is 0.377 e. The van der Waals surface area contributed by atoms with Crippen LogP contribution in [0, 0.1) is 0 Å². The zero-order valence-corrected chi connectivity index (χ0v) is 19.5. The summed E-state index contributed by atoms with van der Waals surface area (Å²) in [6.07, 6.45) is 1.50. The van der Waals surface area contributed by atoms with Crippen LogP contribution < -0.4 is 15.5 Å². The lowest BCUT2D eigenvalue weighted by atomic mass is 10.1. The number of ether oxygens (including phenoxy) is 2. The van der Waals surface area contributed by atoms with Gasteiger partial charge in [0.2, 0.25) is 11.9 Å². The molecule has 5 heterocycles. The maximum atomic E-state index is 11.7. The van der Waals surface area contributed by atoms with E-state index in [-0.39, 0.29) is 12.1 Å². The highest BCUT2D eigenvalue weighted by Gasteiger charge is 2.40. The van der Waals surface area contributed by atoms with Crippen molar-refractivity contribution in [2.45, 2.75) is 31.0 Å². The van der Waals surface area contributed by atoms with Crippen LogP contribution in [-0.4, -0.2) is 67.0 Å². The van der Waals surface area contributed by atoms with E-state index in [1.54, 1.807) is 11.3 Å². The van der Waals surface area contributed by atoms with Crippen LogP contribution >= 0.6 is 22.9 Å². The third kappa shape index (κ3) is 3.63. The van der Waals surface area contributed by atoms with E-state index >= 15 is 0 Å². The molecule has 3 unspecified atom stereocenters. The maximum absolute atomic E-state index is 11.7. The van der Waals surface area contributed by atoms with E-state index in [1.165, 1.54) is 0 Å². The van der Waals surface area contributed by atoms with Crippen LogP contribution in [0.1, 0.15) is 12.8 Å². The Morgan fingerprint density at radius 1 is 1.15 bits per heavy atom.